The minimum atomic E-state index is 0.197. The van der Waals surface area contributed by atoms with Crippen LogP contribution in [0.2, 0.25) is 0 Å². The standard InChI is InChI=1S/C10H22N2O/c1-3-9(6-11)7-12-10(2)4-5-13-8-10/h9,12H,3-8,11H2,1-2H3. The average molecular weight is 186 g/mol. The van der Waals surface area contributed by atoms with E-state index in [0.717, 1.165) is 39.1 Å². The number of ether oxygens (including phenoxy) is 1. The Morgan fingerprint density at radius 3 is 2.85 bits per heavy atom. The molecule has 0 aromatic rings. The fourth-order valence-corrected chi connectivity index (χ4v) is 1.59. The summed E-state index contributed by atoms with van der Waals surface area (Å²) < 4.78 is 5.37. The number of nitrogens with one attached hydrogen (secondary N) is 1. The molecule has 3 nitrogen and oxygen atoms in total. The highest BCUT2D eigenvalue weighted by Gasteiger charge is 2.29. The minimum Gasteiger partial charge on any atom is -0.379 e. The van der Waals surface area contributed by atoms with E-state index >= 15 is 0 Å². The fraction of sp³-hybridized carbons (Fsp3) is 1.00. The monoisotopic (exact) mass is 186 g/mol. The van der Waals surface area contributed by atoms with Crippen LogP contribution in [0, 0.1) is 5.92 Å². The summed E-state index contributed by atoms with van der Waals surface area (Å²) >= 11 is 0. The summed E-state index contributed by atoms with van der Waals surface area (Å²) in [6.45, 7) is 7.94. The third-order valence-electron chi connectivity index (χ3n) is 2.95. The molecular formula is C10H22N2O. The highest BCUT2D eigenvalue weighted by Crippen LogP contribution is 2.17. The van der Waals surface area contributed by atoms with Gasteiger partial charge in [-0.1, -0.05) is 13.3 Å². The molecule has 3 heteroatoms. The molecular weight excluding hydrogens is 164 g/mol. The van der Waals surface area contributed by atoms with Gasteiger partial charge >= 0.3 is 0 Å². The van der Waals surface area contributed by atoms with Gasteiger partial charge in [-0.05, 0) is 32.4 Å². The van der Waals surface area contributed by atoms with Crippen molar-refractivity contribution >= 4 is 0 Å². The lowest BCUT2D eigenvalue weighted by Gasteiger charge is -2.26. The van der Waals surface area contributed by atoms with Crippen LogP contribution in [0.1, 0.15) is 26.7 Å². The number of rotatable bonds is 5. The highest BCUT2D eigenvalue weighted by molar-refractivity contribution is 4.87. The molecule has 1 heterocycles. The van der Waals surface area contributed by atoms with Crippen molar-refractivity contribution in [3.8, 4) is 0 Å². The Bertz CT molecular complexity index is 140. The summed E-state index contributed by atoms with van der Waals surface area (Å²) in [5, 5.41) is 3.55. The fourth-order valence-electron chi connectivity index (χ4n) is 1.59. The van der Waals surface area contributed by atoms with Crippen molar-refractivity contribution in [2.45, 2.75) is 32.2 Å². The minimum absolute atomic E-state index is 0.197. The second kappa shape index (κ2) is 4.94. The van der Waals surface area contributed by atoms with Crippen molar-refractivity contribution < 1.29 is 4.74 Å². The molecule has 0 radical (unpaired) electrons. The van der Waals surface area contributed by atoms with Crippen LogP contribution < -0.4 is 11.1 Å². The molecule has 0 aromatic carbocycles. The van der Waals surface area contributed by atoms with E-state index in [9.17, 15) is 0 Å². The molecule has 1 fully saturated rings. The molecule has 2 unspecified atom stereocenters. The maximum atomic E-state index is 5.64. The zero-order valence-electron chi connectivity index (χ0n) is 8.81. The predicted molar refractivity (Wildman–Crippen MR) is 54.7 cm³/mol. The maximum absolute atomic E-state index is 5.64. The molecule has 13 heavy (non-hydrogen) atoms. The quantitative estimate of drug-likeness (QED) is 0.666. The molecule has 0 aliphatic carbocycles. The summed E-state index contributed by atoms with van der Waals surface area (Å²) in [7, 11) is 0. The van der Waals surface area contributed by atoms with Gasteiger partial charge in [-0.25, -0.2) is 0 Å². The smallest absolute Gasteiger partial charge is 0.0646 e. The molecule has 0 amide bonds. The van der Waals surface area contributed by atoms with Crippen molar-refractivity contribution in [1.82, 2.24) is 5.32 Å². The van der Waals surface area contributed by atoms with E-state index in [4.69, 9.17) is 10.5 Å². The number of hydrogen-bond acceptors (Lipinski definition) is 3. The van der Waals surface area contributed by atoms with Gasteiger partial charge in [-0.15, -0.1) is 0 Å². The van der Waals surface area contributed by atoms with Crippen LogP contribution >= 0.6 is 0 Å². The Kier molecular flexibility index (Phi) is 4.16. The van der Waals surface area contributed by atoms with Gasteiger partial charge in [0, 0.05) is 12.1 Å². The molecule has 2 atom stereocenters. The van der Waals surface area contributed by atoms with Gasteiger partial charge in [0.15, 0.2) is 0 Å². The lowest BCUT2D eigenvalue weighted by atomic mass is 9.99. The Balaban J connectivity index is 2.23. The summed E-state index contributed by atoms with van der Waals surface area (Å²) in [4.78, 5) is 0. The van der Waals surface area contributed by atoms with Gasteiger partial charge in [-0.3, -0.25) is 0 Å². The van der Waals surface area contributed by atoms with Crippen LogP contribution in [0.5, 0.6) is 0 Å². The highest BCUT2D eigenvalue weighted by atomic mass is 16.5. The zero-order chi connectivity index (χ0) is 9.73. The van der Waals surface area contributed by atoms with Gasteiger partial charge in [0.05, 0.1) is 6.61 Å². The summed E-state index contributed by atoms with van der Waals surface area (Å²) in [6.07, 6.45) is 2.27. The first kappa shape index (κ1) is 11.0. The molecule has 78 valence electrons. The van der Waals surface area contributed by atoms with Gasteiger partial charge in [-0.2, -0.15) is 0 Å². The van der Waals surface area contributed by atoms with E-state index in [1.165, 1.54) is 0 Å². The van der Waals surface area contributed by atoms with Crippen LogP contribution in [0.4, 0.5) is 0 Å². The summed E-state index contributed by atoms with van der Waals surface area (Å²) in [5.41, 5.74) is 5.84. The molecule has 0 spiro atoms. The molecule has 0 bridgehead atoms. The van der Waals surface area contributed by atoms with Gasteiger partial charge < -0.3 is 15.8 Å². The lowest BCUT2D eigenvalue weighted by molar-refractivity contribution is 0.169. The first-order chi connectivity index (χ1) is 6.20. The van der Waals surface area contributed by atoms with Crippen LogP contribution in [0.15, 0.2) is 0 Å². The van der Waals surface area contributed by atoms with E-state index in [-0.39, 0.29) is 5.54 Å². The zero-order valence-corrected chi connectivity index (χ0v) is 8.81. The van der Waals surface area contributed by atoms with E-state index in [1.54, 1.807) is 0 Å². The van der Waals surface area contributed by atoms with Gasteiger partial charge in [0.1, 0.15) is 0 Å². The normalized spacial score (nSPS) is 30.7. The molecule has 0 saturated carbocycles. The second-order valence-corrected chi connectivity index (χ2v) is 4.25. The van der Waals surface area contributed by atoms with Crippen molar-refractivity contribution in [3.63, 3.8) is 0 Å². The van der Waals surface area contributed by atoms with Crippen molar-refractivity contribution in [2.24, 2.45) is 11.7 Å². The number of nitrogens with two attached hydrogens (primary N) is 1. The van der Waals surface area contributed by atoms with Crippen LogP contribution in [-0.2, 0) is 4.74 Å². The third-order valence-corrected chi connectivity index (χ3v) is 2.95. The topological polar surface area (TPSA) is 47.3 Å². The SMILES string of the molecule is CCC(CN)CNC1(C)CCOC1. The largest absolute Gasteiger partial charge is 0.379 e. The van der Waals surface area contributed by atoms with Crippen molar-refractivity contribution in [1.29, 1.82) is 0 Å². The first-order valence-corrected chi connectivity index (χ1v) is 5.23. The van der Waals surface area contributed by atoms with Gasteiger partial charge in [0.2, 0.25) is 0 Å². The van der Waals surface area contributed by atoms with E-state index < -0.39 is 0 Å². The van der Waals surface area contributed by atoms with Crippen LogP contribution in [0.3, 0.4) is 0 Å². The van der Waals surface area contributed by atoms with E-state index in [0.29, 0.717) is 5.92 Å². The molecule has 3 N–H and O–H groups in total. The number of hydrogen-bond donors (Lipinski definition) is 2. The average Bonchev–Trinajstić information content (AvgIpc) is 2.55. The van der Waals surface area contributed by atoms with Crippen LogP contribution in [0.25, 0.3) is 0 Å². The lowest BCUT2D eigenvalue weighted by Crippen LogP contribution is -2.46. The Morgan fingerprint density at radius 2 is 2.38 bits per heavy atom. The van der Waals surface area contributed by atoms with Crippen molar-refractivity contribution in [2.75, 3.05) is 26.3 Å². The van der Waals surface area contributed by atoms with Crippen molar-refractivity contribution in [3.05, 3.63) is 0 Å². The predicted octanol–water partition coefficient (Wildman–Crippen LogP) is 0.740. The van der Waals surface area contributed by atoms with E-state index in [2.05, 4.69) is 19.2 Å². The van der Waals surface area contributed by atoms with Gasteiger partial charge in [0.25, 0.3) is 0 Å². The second-order valence-electron chi connectivity index (χ2n) is 4.25. The molecule has 1 rings (SSSR count). The summed E-state index contributed by atoms with van der Waals surface area (Å²) in [5.74, 6) is 0.609. The molecule has 1 aliphatic heterocycles. The third kappa shape index (κ3) is 3.25. The maximum Gasteiger partial charge on any atom is 0.0646 e. The Hall–Kier alpha value is -0.120. The Morgan fingerprint density at radius 1 is 1.62 bits per heavy atom. The molecule has 1 saturated heterocycles. The van der Waals surface area contributed by atoms with E-state index in [1.807, 2.05) is 0 Å². The van der Waals surface area contributed by atoms with Crippen LogP contribution in [-0.4, -0.2) is 31.8 Å². The Labute approximate surface area is 81.0 Å². The molecule has 0 aromatic heterocycles. The molecule has 1 aliphatic rings. The summed E-state index contributed by atoms with van der Waals surface area (Å²) in [6, 6.07) is 0. The first-order valence-electron chi connectivity index (χ1n) is 5.23.